The lowest BCUT2D eigenvalue weighted by molar-refractivity contribution is -0.130. The molecule has 0 bridgehead atoms. The minimum Gasteiger partial charge on any atom is -0.444 e. The number of nitrogens with zero attached hydrogens (tertiary/aromatic N) is 3. The van der Waals surface area contributed by atoms with Crippen LogP contribution in [0.4, 0.5) is 26.6 Å². The van der Waals surface area contributed by atoms with Crippen LogP contribution in [0.3, 0.4) is 0 Å². The van der Waals surface area contributed by atoms with Crippen LogP contribution in [0.25, 0.3) is 0 Å². The summed E-state index contributed by atoms with van der Waals surface area (Å²) in [6.07, 6.45) is 3.01. The molecule has 3 N–H and O–H groups in total. The van der Waals surface area contributed by atoms with Gasteiger partial charge in [-0.25, -0.2) is 14.2 Å². The molecule has 35 heavy (non-hydrogen) atoms. The largest absolute Gasteiger partial charge is 0.444 e. The van der Waals surface area contributed by atoms with Crippen molar-refractivity contribution in [3.63, 3.8) is 0 Å². The lowest BCUT2D eigenvalue weighted by atomic mass is 10.0. The molecule has 1 aromatic carbocycles. The number of aromatic nitrogens is 2. The van der Waals surface area contributed by atoms with E-state index in [1.165, 1.54) is 17.0 Å². The minimum atomic E-state index is -0.593. The number of benzene rings is 1. The highest BCUT2D eigenvalue weighted by molar-refractivity contribution is 5.87. The van der Waals surface area contributed by atoms with Gasteiger partial charge in [0.1, 0.15) is 23.3 Å². The predicted molar refractivity (Wildman–Crippen MR) is 132 cm³/mol. The third-order valence-corrected chi connectivity index (χ3v) is 5.08. The zero-order valence-corrected chi connectivity index (χ0v) is 20.4. The summed E-state index contributed by atoms with van der Waals surface area (Å²) >= 11 is 0. The van der Waals surface area contributed by atoms with E-state index in [1.54, 1.807) is 46.1 Å². The van der Waals surface area contributed by atoms with E-state index in [4.69, 9.17) is 4.74 Å². The number of anilines is 3. The molecule has 0 aliphatic carbocycles. The van der Waals surface area contributed by atoms with Crippen LogP contribution in [0.15, 0.2) is 30.5 Å². The molecule has 0 radical (unpaired) electrons. The van der Waals surface area contributed by atoms with Crippen molar-refractivity contribution >= 4 is 29.5 Å². The molecule has 1 atom stereocenters. The van der Waals surface area contributed by atoms with Gasteiger partial charge in [-0.1, -0.05) is 11.8 Å². The van der Waals surface area contributed by atoms with E-state index in [2.05, 4.69) is 37.8 Å². The lowest BCUT2D eigenvalue weighted by Crippen LogP contribution is -2.59. The number of likely N-dealkylation sites (tertiary alicyclic amines) is 1. The zero-order chi connectivity index (χ0) is 25.4. The molecule has 2 aromatic rings. The molecule has 1 aliphatic heterocycles. The second kappa shape index (κ2) is 11.5. The first kappa shape index (κ1) is 25.7. The van der Waals surface area contributed by atoms with Gasteiger partial charge in [0.2, 0.25) is 11.9 Å². The third-order valence-electron chi connectivity index (χ3n) is 5.08. The number of hydrogen-bond donors (Lipinski definition) is 3. The second-order valence-electron chi connectivity index (χ2n) is 9.01. The van der Waals surface area contributed by atoms with Crippen LogP contribution in [0.5, 0.6) is 0 Å². The lowest BCUT2D eigenvalue weighted by Gasteiger charge is -2.40. The number of carbonyl (C=O) groups excluding carboxylic acids is 2. The van der Waals surface area contributed by atoms with Gasteiger partial charge in [0, 0.05) is 32.2 Å². The van der Waals surface area contributed by atoms with Crippen molar-refractivity contribution in [2.45, 2.75) is 51.7 Å². The minimum absolute atomic E-state index is 0.176. The first-order chi connectivity index (χ1) is 16.7. The van der Waals surface area contributed by atoms with Crippen LogP contribution < -0.4 is 16.0 Å². The van der Waals surface area contributed by atoms with Gasteiger partial charge in [-0.15, -0.1) is 0 Å². The van der Waals surface area contributed by atoms with Crippen molar-refractivity contribution in [3.8, 4) is 11.8 Å². The Kier molecular flexibility index (Phi) is 8.47. The number of rotatable bonds is 7. The second-order valence-corrected chi connectivity index (χ2v) is 9.01. The molecule has 2 heterocycles. The summed E-state index contributed by atoms with van der Waals surface area (Å²) in [6.45, 7) is 6.37. The number of hydrogen-bond acceptors (Lipinski definition) is 7. The van der Waals surface area contributed by atoms with Gasteiger partial charge in [0.05, 0.1) is 11.8 Å². The van der Waals surface area contributed by atoms with Gasteiger partial charge in [0.15, 0.2) is 0 Å². The predicted octanol–water partition coefficient (Wildman–Crippen LogP) is 3.66. The summed E-state index contributed by atoms with van der Waals surface area (Å²) in [5, 5.41) is 8.88. The van der Waals surface area contributed by atoms with Crippen molar-refractivity contribution in [2.75, 3.05) is 30.8 Å². The van der Waals surface area contributed by atoms with Crippen LogP contribution in [0, 0.1) is 17.7 Å². The van der Waals surface area contributed by atoms with E-state index in [0.717, 1.165) is 0 Å². The van der Waals surface area contributed by atoms with Crippen LogP contribution >= 0.6 is 0 Å². The monoisotopic (exact) mass is 482 g/mol. The Morgan fingerprint density at radius 1 is 1.26 bits per heavy atom. The summed E-state index contributed by atoms with van der Waals surface area (Å²) in [5.74, 6) is 6.55. The van der Waals surface area contributed by atoms with Crippen molar-refractivity contribution in [2.24, 2.45) is 0 Å². The molecule has 1 fully saturated rings. The molecule has 0 unspecified atom stereocenters. The maximum atomic E-state index is 13.1. The molecule has 3 rings (SSSR count). The van der Waals surface area contributed by atoms with Gasteiger partial charge < -0.3 is 20.7 Å². The normalized spacial score (nSPS) is 14.8. The van der Waals surface area contributed by atoms with Crippen LogP contribution in [0.2, 0.25) is 0 Å². The van der Waals surface area contributed by atoms with E-state index in [9.17, 15) is 14.0 Å². The summed E-state index contributed by atoms with van der Waals surface area (Å²) in [7, 11) is 1.74. The Balaban J connectivity index is 1.44. The number of carbonyl (C=O) groups is 2. The van der Waals surface area contributed by atoms with Crippen LogP contribution in [-0.4, -0.2) is 58.6 Å². The van der Waals surface area contributed by atoms with Gasteiger partial charge >= 0.3 is 6.09 Å². The number of ether oxygens (including phenoxy) is 1. The van der Waals surface area contributed by atoms with Gasteiger partial charge in [-0.2, -0.15) is 4.98 Å². The standard InChI is InChI=1S/C25H31FN6O3/c1-25(2,3)35-24(34)32-15-13-20(32)22(33)28-14-7-5-6-8-17-16-29-23(31-21(17)27-4)30-19-11-9-18(26)10-12-19/h9-12,16,20H,5,7,13-15H2,1-4H3,(H,28,33)(H2,27,29,30,31)/t20-/m0/s1. The van der Waals surface area contributed by atoms with Gasteiger partial charge in [0.25, 0.3) is 0 Å². The highest BCUT2D eigenvalue weighted by Crippen LogP contribution is 2.21. The Labute approximate surface area is 204 Å². The molecule has 2 amide bonds. The van der Waals surface area contributed by atoms with Crippen LogP contribution in [-0.2, 0) is 9.53 Å². The number of nitrogens with one attached hydrogen (secondary N) is 3. The molecule has 0 spiro atoms. The average molecular weight is 483 g/mol. The van der Waals surface area contributed by atoms with Crippen LogP contribution in [0.1, 0.15) is 45.6 Å². The van der Waals surface area contributed by atoms with E-state index >= 15 is 0 Å². The summed E-state index contributed by atoms with van der Waals surface area (Å²) in [6, 6.07) is 5.43. The SMILES string of the molecule is CNc1nc(Nc2ccc(F)cc2)ncc1C#CCCCNC(=O)[C@@H]1CCN1C(=O)OC(C)(C)C. The van der Waals surface area contributed by atoms with Gasteiger partial charge in [-0.05, 0) is 57.9 Å². The summed E-state index contributed by atoms with van der Waals surface area (Å²) in [5.41, 5.74) is 0.721. The average Bonchev–Trinajstić information content (AvgIpc) is 2.76. The van der Waals surface area contributed by atoms with Crippen molar-refractivity contribution in [1.29, 1.82) is 0 Å². The quantitative estimate of drug-likeness (QED) is 0.408. The molecule has 1 aliphatic rings. The molecular formula is C25H31FN6O3. The Hall–Kier alpha value is -3.87. The molecule has 9 nitrogen and oxygen atoms in total. The topological polar surface area (TPSA) is 108 Å². The van der Waals surface area contributed by atoms with E-state index in [-0.39, 0.29) is 11.7 Å². The number of amides is 2. The first-order valence-corrected chi connectivity index (χ1v) is 11.5. The molecule has 10 heteroatoms. The Morgan fingerprint density at radius 2 is 2.00 bits per heavy atom. The maximum Gasteiger partial charge on any atom is 0.410 e. The first-order valence-electron chi connectivity index (χ1n) is 11.5. The van der Waals surface area contributed by atoms with E-state index in [1.807, 2.05) is 0 Å². The number of unbranched alkanes of at least 4 members (excludes halogenated alkanes) is 1. The van der Waals surface area contributed by atoms with Gasteiger partial charge in [-0.3, -0.25) is 9.69 Å². The fourth-order valence-electron chi connectivity index (χ4n) is 3.25. The van der Waals surface area contributed by atoms with Crippen molar-refractivity contribution in [3.05, 3.63) is 41.8 Å². The highest BCUT2D eigenvalue weighted by atomic mass is 19.1. The zero-order valence-electron chi connectivity index (χ0n) is 20.4. The molecule has 0 saturated carbocycles. The Morgan fingerprint density at radius 3 is 2.63 bits per heavy atom. The Bertz CT molecular complexity index is 1100. The fraction of sp³-hybridized carbons (Fsp3) is 0.440. The molecule has 1 saturated heterocycles. The molecular weight excluding hydrogens is 451 g/mol. The van der Waals surface area contributed by atoms with Crippen molar-refractivity contribution < 1.29 is 18.7 Å². The maximum absolute atomic E-state index is 13.1. The summed E-state index contributed by atoms with van der Waals surface area (Å²) in [4.78, 5) is 34.6. The van der Waals surface area contributed by atoms with Crippen molar-refractivity contribution in [1.82, 2.24) is 20.2 Å². The fourth-order valence-corrected chi connectivity index (χ4v) is 3.25. The highest BCUT2D eigenvalue weighted by Gasteiger charge is 2.39. The smallest absolute Gasteiger partial charge is 0.410 e. The summed E-state index contributed by atoms with van der Waals surface area (Å²) < 4.78 is 18.4. The number of halogens is 1. The van der Waals surface area contributed by atoms with E-state index < -0.39 is 17.7 Å². The third kappa shape index (κ3) is 7.57. The molecule has 1 aromatic heterocycles. The van der Waals surface area contributed by atoms with E-state index in [0.29, 0.717) is 55.4 Å². The molecule has 186 valence electrons.